The number of rotatable bonds is 15. The van der Waals surface area contributed by atoms with Crippen molar-refractivity contribution in [3.8, 4) is 0 Å². The number of alkyl carbamates (subject to hydrolysis) is 1. The van der Waals surface area contributed by atoms with Crippen LogP contribution < -0.4 is 10.6 Å². The van der Waals surface area contributed by atoms with E-state index in [1.165, 1.54) is 11.8 Å². The number of aromatic nitrogens is 2. The predicted molar refractivity (Wildman–Crippen MR) is 147 cm³/mol. The van der Waals surface area contributed by atoms with Gasteiger partial charge in [0, 0.05) is 15.2 Å². The fourth-order valence-corrected chi connectivity index (χ4v) is 4.28. The number of thioether (sulfide) groups is 1. The Morgan fingerprint density at radius 3 is 2.27 bits per heavy atom. The monoisotopic (exact) mass is 537 g/mol. The van der Waals surface area contributed by atoms with Gasteiger partial charge in [0.2, 0.25) is 11.7 Å². The molecule has 1 heterocycles. The van der Waals surface area contributed by atoms with E-state index in [0.29, 0.717) is 18.1 Å². The zero-order chi connectivity index (χ0) is 27.4. The predicted octanol–water partition coefficient (Wildman–Crippen LogP) is 4.27. The second kappa shape index (κ2) is 15.4. The number of benzene rings is 1. The van der Waals surface area contributed by atoms with Crippen molar-refractivity contribution >= 4 is 29.5 Å². The molecule has 0 saturated carbocycles. The van der Waals surface area contributed by atoms with Crippen molar-refractivity contribution in [1.29, 1.82) is 0 Å². The molecule has 0 aliphatic rings. The number of carbonyl (C=O) groups excluding carboxylic acids is 3. The lowest BCUT2D eigenvalue weighted by Gasteiger charge is -2.24. The lowest BCUT2D eigenvalue weighted by atomic mass is 9.98. The summed E-state index contributed by atoms with van der Waals surface area (Å²) in [5.41, 5.74) is 0.837. The molecule has 0 fully saturated rings. The Hall–Kier alpha value is -2.92. The fourth-order valence-electron chi connectivity index (χ4n) is 3.42. The lowest BCUT2D eigenvalue weighted by molar-refractivity contribution is -0.124. The first kappa shape index (κ1) is 30.3. The second-order valence-corrected chi connectivity index (χ2v) is 11.0. The standard InChI is InChI=1S/C26H39N5O5S.2H2/c1-17(2)14-20(22(32)24-29-30-26(36-24)37-13-12-31(5)6)27-23(33)21(15-18(3)4)28-25(34)35-16-19-10-8-7-9-11-19;;/h7-11,17-18,20-21H,12-16H2,1-6H3,(H,27,33)(H,28,34);2*1H/t20?,21-;;/m0../s1. The highest BCUT2D eigenvalue weighted by molar-refractivity contribution is 7.99. The zero-order valence-electron chi connectivity index (χ0n) is 22.5. The number of Topliss-reactive ketones (excluding diaryl/α,β-unsaturated/α-hetero) is 1. The Morgan fingerprint density at radius 2 is 1.65 bits per heavy atom. The number of carbonyl (C=O) groups is 3. The van der Waals surface area contributed by atoms with Gasteiger partial charge in [0.1, 0.15) is 12.6 Å². The van der Waals surface area contributed by atoms with E-state index in [1.54, 1.807) is 0 Å². The van der Waals surface area contributed by atoms with Crippen LogP contribution in [-0.4, -0.2) is 71.4 Å². The van der Waals surface area contributed by atoms with Crippen LogP contribution in [0.1, 0.15) is 59.6 Å². The van der Waals surface area contributed by atoms with E-state index < -0.39 is 29.9 Å². The highest BCUT2D eigenvalue weighted by Gasteiger charge is 2.31. The van der Waals surface area contributed by atoms with Crippen molar-refractivity contribution in [2.45, 2.75) is 64.4 Å². The molecule has 2 amide bonds. The first-order valence-corrected chi connectivity index (χ1v) is 13.5. The summed E-state index contributed by atoms with van der Waals surface area (Å²) in [6.45, 7) is 8.70. The van der Waals surface area contributed by atoms with Gasteiger partial charge in [0.15, 0.2) is 0 Å². The fraction of sp³-hybridized carbons (Fsp3) is 0.577. The van der Waals surface area contributed by atoms with Gasteiger partial charge in [0.25, 0.3) is 11.1 Å². The molecule has 1 unspecified atom stereocenters. The SMILES string of the molecule is CC(C)CC(NC(=O)[C@H](CC(C)C)NC(=O)OCc1ccccc1)C(=O)c1nnc(SCCN(C)C)o1.[HH].[HH]. The average molecular weight is 538 g/mol. The topological polar surface area (TPSA) is 127 Å². The van der Waals surface area contributed by atoms with Crippen molar-refractivity contribution in [2.24, 2.45) is 11.8 Å². The Balaban J connectivity index is 0.00000722. The van der Waals surface area contributed by atoms with E-state index in [4.69, 9.17) is 9.15 Å². The third-order valence-corrected chi connectivity index (χ3v) is 6.05. The van der Waals surface area contributed by atoms with Crippen LogP contribution in [0.5, 0.6) is 0 Å². The maximum absolute atomic E-state index is 13.2. The number of hydrogen-bond acceptors (Lipinski definition) is 9. The Morgan fingerprint density at radius 1 is 1.00 bits per heavy atom. The highest BCUT2D eigenvalue weighted by atomic mass is 32.2. The Bertz CT molecular complexity index is 1010. The average Bonchev–Trinajstić information content (AvgIpc) is 3.30. The molecule has 1 aromatic heterocycles. The number of nitrogens with one attached hydrogen (secondary N) is 2. The summed E-state index contributed by atoms with van der Waals surface area (Å²) in [4.78, 5) is 40.9. The van der Waals surface area contributed by atoms with Gasteiger partial charge in [-0.3, -0.25) is 9.59 Å². The van der Waals surface area contributed by atoms with E-state index in [9.17, 15) is 14.4 Å². The number of ketones is 1. The van der Waals surface area contributed by atoms with Crippen LogP contribution in [-0.2, 0) is 16.1 Å². The maximum atomic E-state index is 13.2. The van der Waals surface area contributed by atoms with Crippen LogP contribution in [0.3, 0.4) is 0 Å². The molecule has 0 aliphatic carbocycles. The molecule has 2 aromatic rings. The lowest BCUT2D eigenvalue weighted by Crippen LogP contribution is -2.52. The Labute approximate surface area is 226 Å². The quantitative estimate of drug-likeness (QED) is 0.253. The summed E-state index contributed by atoms with van der Waals surface area (Å²) in [5, 5.41) is 13.6. The third kappa shape index (κ3) is 11.3. The van der Waals surface area contributed by atoms with Crippen LogP contribution in [0.25, 0.3) is 0 Å². The molecule has 11 heteroatoms. The number of nitrogens with zero attached hydrogens (tertiary/aromatic N) is 3. The van der Waals surface area contributed by atoms with Crippen LogP contribution in [0, 0.1) is 11.8 Å². The van der Waals surface area contributed by atoms with Crippen LogP contribution >= 0.6 is 11.8 Å². The molecule has 0 saturated heterocycles. The number of hydrogen-bond donors (Lipinski definition) is 2. The highest BCUT2D eigenvalue weighted by Crippen LogP contribution is 2.18. The minimum absolute atomic E-state index is 0. The smallest absolute Gasteiger partial charge is 0.408 e. The molecule has 0 radical (unpaired) electrons. The molecule has 2 N–H and O–H groups in total. The largest absolute Gasteiger partial charge is 0.445 e. The molecule has 208 valence electrons. The van der Waals surface area contributed by atoms with Gasteiger partial charge in [-0.1, -0.05) is 69.8 Å². The maximum Gasteiger partial charge on any atom is 0.408 e. The van der Waals surface area contributed by atoms with Crippen LogP contribution in [0.4, 0.5) is 4.79 Å². The molecule has 1 aromatic carbocycles. The van der Waals surface area contributed by atoms with E-state index in [-0.39, 0.29) is 27.2 Å². The summed E-state index contributed by atoms with van der Waals surface area (Å²) in [5.74, 6) is -0.110. The van der Waals surface area contributed by atoms with E-state index >= 15 is 0 Å². The van der Waals surface area contributed by atoms with Crippen molar-refractivity contribution in [1.82, 2.24) is 25.7 Å². The molecule has 10 nitrogen and oxygen atoms in total. The van der Waals surface area contributed by atoms with Gasteiger partial charge in [-0.05, 0) is 44.3 Å². The molecule has 37 heavy (non-hydrogen) atoms. The summed E-state index contributed by atoms with van der Waals surface area (Å²) in [6.07, 6.45) is 0.0537. The van der Waals surface area contributed by atoms with Crippen molar-refractivity contribution < 1.29 is 26.4 Å². The minimum Gasteiger partial charge on any atom is -0.445 e. The molecule has 0 bridgehead atoms. The first-order valence-electron chi connectivity index (χ1n) is 12.5. The minimum atomic E-state index is -0.871. The zero-order valence-corrected chi connectivity index (χ0v) is 23.3. The van der Waals surface area contributed by atoms with E-state index in [0.717, 1.165) is 17.9 Å². The molecule has 0 spiro atoms. The van der Waals surface area contributed by atoms with Crippen molar-refractivity contribution in [2.75, 3.05) is 26.4 Å². The van der Waals surface area contributed by atoms with Crippen molar-refractivity contribution in [3.05, 3.63) is 41.8 Å². The van der Waals surface area contributed by atoms with Crippen molar-refractivity contribution in [3.63, 3.8) is 0 Å². The van der Waals surface area contributed by atoms with Gasteiger partial charge >= 0.3 is 6.09 Å². The van der Waals surface area contributed by atoms with Gasteiger partial charge in [-0.2, -0.15) is 0 Å². The third-order valence-electron chi connectivity index (χ3n) is 5.25. The van der Waals surface area contributed by atoms with E-state index in [1.807, 2.05) is 77.0 Å². The summed E-state index contributed by atoms with van der Waals surface area (Å²) in [7, 11) is 3.93. The van der Waals surface area contributed by atoms with Gasteiger partial charge in [-0.15, -0.1) is 10.2 Å². The summed E-state index contributed by atoms with van der Waals surface area (Å²) < 4.78 is 10.9. The number of ether oxygens (including phenoxy) is 1. The first-order chi connectivity index (χ1) is 17.5. The molecular formula is C26H43N5O5S. The van der Waals surface area contributed by atoms with Crippen LogP contribution in [0.2, 0.25) is 0 Å². The van der Waals surface area contributed by atoms with E-state index in [2.05, 4.69) is 20.8 Å². The molecular weight excluding hydrogens is 494 g/mol. The summed E-state index contributed by atoms with van der Waals surface area (Å²) in [6, 6.07) is 7.53. The van der Waals surface area contributed by atoms with Gasteiger partial charge in [0.05, 0.1) is 6.04 Å². The van der Waals surface area contributed by atoms with Crippen LogP contribution in [0.15, 0.2) is 40.0 Å². The summed E-state index contributed by atoms with van der Waals surface area (Å²) >= 11 is 1.37. The molecule has 2 atom stereocenters. The van der Waals surface area contributed by atoms with Gasteiger partial charge in [-0.25, -0.2) is 4.79 Å². The molecule has 2 rings (SSSR count). The normalized spacial score (nSPS) is 13.0. The number of amides is 2. The second-order valence-electron chi connectivity index (χ2n) is 9.97. The molecule has 0 aliphatic heterocycles. The Kier molecular flexibility index (Phi) is 12.6. The van der Waals surface area contributed by atoms with Gasteiger partial charge < -0.3 is 24.7 Å².